The summed E-state index contributed by atoms with van der Waals surface area (Å²) in [5.74, 6) is 2.38. The normalized spacial score (nSPS) is 12.2. The Labute approximate surface area is 156 Å². The third kappa shape index (κ3) is 3.92. The van der Waals surface area contributed by atoms with Gasteiger partial charge >= 0.3 is 0 Å². The molecule has 0 N–H and O–H groups in total. The minimum Gasteiger partial charge on any atom is -0.454 e. The molecule has 0 fully saturated rings. The Bertz CT molecular complexity index is 939. The quantitative estimate of drug-likeness (QED) is 0.668. The lowest BCUT2D eigenvalue weighted by molar-refractivity contribution is -0.130. The van der Waals surface area contributed by atoms with Crippen LogP contribution in [-0.4, -0.2) is 34.8 Å². The Balaban J connectivity index is 1.32. The van der Waals surface area contributed by atoms with Gasteiger partial charge in [-0.2, -0.15) is 0 Å². The van der Waals surface area contributed by atoms with Gasteiger partial charge in [0.15, 0.2) is 11.5 Å². The molecule has 1 aliphatic rings. The first-order valence-electron chi connectivity index (χ1n) is 8.69. The van der Waals surface area contributed by atoms with Crippen molar-refractivity contribution < 1.29 is 18.7 Å². The maximum absolute atomic E-state index is 12.4. The van der Waals surface area contributed by atoms with E-state index in [-0.39, 0.29) is 12.7 Å². The third-order valence-corrected chi connectivity index (χ3v) is 4.32. The number of rotatable bonds is 6. The molecule has 27 heavy (non-hydrogen) atoms. The number of aryl methyl sites for hydroxylation is 1. The van der Waals surface area contributed by atoms with Crippen LogP contribution < -0.4 is 9.47 Å². The zero-order valence-electron chi connectivity index (χ0n) is 14.9. The Hall–Kier alpha value is -3.35. The van der Waals surface area contributed by atoms with Crippen LogP contribution in [0.5, 0.6) is 11.5 Å². The number of hydrogen-bond acceptors (Lipinski definition) is 6. The molecule has 0 aliphatic carbocycles. The zero-order valence-corrected chi connectivity index (χ0v) is 14.9. The van der Waals surface area contributed by atoms with E-state index in [0.29, 0.717) is 36.9 Å². The van der Waals surface area contributed by atoms with Gasteiger partial charge in [0.25, 0.3) is 0 Å². The summed E-state index contributed by atoms with van der Waals surface area (Å²) in [5, 5.41) is 8.07. The summed E-state index contributed by atoms with van der Waals surface area (Å²) in [4.78, 5) is 14.1. The van der Waals surface area contributed by atoms with Crippen molar-refractivity contribution in [1.29, 1.82) is 0 Å². The first kappa shape index (κ1) is 17.1. The van der Waals surface area contributed by atoms with E-state index in [4.69, 9.17) is 13.9 Å². The summed E-state index contributed by atoms with van der Waals surface area (Å²) in [6.07, 6.45) is 0.710. The summed E-state index contributed by atoms with van der Waals surface area (Å²) in [6.45, 7) is 0.733. The third-order valence-electron chi connectivity index (χ3n) is 4.32. The summed E-state index contributed by atoms with van der Waals surface area (Å²) in [6, 6.07) is 15.2. The van der Waals surface area contributed by atoms with Crippen LogP contribution in [0, 0.1) is 0 Å². The van der Waals surface area contributed by atoms with Gasteiger partial charge in [0, 0.05) is 32.0 Å². The molecular weight excluding hydrogens is 346 g/mol. The molecule has 2 aromatic carbocycles. The lowest BCUT2D eigenvalue weighted by Gasteiger charge is -2.17. The molecule has 0 saturated heterocycles. The van der Waals surface area contributed by atoms with Gasteiger partial charge in [0.1, 0.15) is 0 Å². The molecule has 0 atom stereocenters. The topological polar surface area (TPSA) is 77.7 Å². The van der Waals surface area contributed by atoms with E-state index in [1.165, 1.54) is 0 Å². The van der Waals surface area contributed by atoms with Gasteiger partial charge in [-0.3, -0.25) is 4.79 Å². The molecule has 0 radical (unpaired) electrons. The molecule has 1 amide bonds. The second-order valence-corrected chi connectivity index (χ2v) is 6.30. The first-order chi connectivity index (χ1) is 13.2. The Morgan fingerprint density at radius 1 is 1.07 bits per heavy atom. The number of amides is 1. The van der Waals surface area contributed by atoms with Crippen LogP contribution in [-0.2, 0) is 17.8 Å². The highest BCUT2D eigenvalue weighted by Crippen LogP contribution is 2.32. The highest BCUT2D eigenvalue weighted by atomic mass is 16.7. The van der Waals surface area contributed by atoms with Crippen LogP contribution >= 0.6 is 0 Å². The molecule has 2 heterocycles. The van der Waals surface area contributed by atoms with E-state index in [9.17, 15) is 4.79 Å². The van der Waals surface area contributed by atoms with Crippen molar-refractivity contribution in [3.63, 3.8) is 0 Å². The highest BCUT2D eigenvalue weighted by Gasteiger charge is 2.16. The van der Waals surface area contributed by atoms with Crippen molar-refractivity contribution in [3.05, 3.63) is 60.0 Å². The monoisotopic (exact) mass is 365 g/mol. The Morgan fingerprint density at radius 2 is 1.89 bits per heavy atom. The van der Waals surface area contributed by atoms with E-state index in [0.717, 1.165) is 16.9 Å². The van der Waals surface area contributed by atoms with Crippen molar-refractivity contribution >= 4 is 5.91 Å². The minimum absolute atomic E-state index is 0.00660. The van der Waals surface area contributed by atoms with Gasteiger partial charge in [-0.25, -0.2) is 0 Å². The van der Waals surface area contributed by atoms with Crippen LogP contribution in [0.1, 0.15) is 17.9 Å². The fraction of sp³-hybridized carbons (Fsp3) is 0.250. The van der Waals surface area contributed by atoms with Gasteiger partial charge in [-0.1, -0.05) is 24.3 Å². The fourth-order valence-corrected chi connectivity index (χ4v) is 2.86. The molecule has 0 spiro atoms. The number of fused-ring (bicyclic) bond motifs is 1. The molecule has 1 aromatic heterocycles. The summed E-state index contributed by atoms with van der Waals surface area (Å²) in [7, 11) is 1.77. The van der Waals surface area contributed by atoms with Gasteiger partial charge in [0.05, 0.1) is 0 Å². The van der Waals surface area contributed by atoms with Crippen molar-refractivity contribution in [2.75, 3.05) is 13.8 Å². The Kier molecular flexibility index (Phi) is 4.74. The molecular formula is C20H19N3O4. The fourth-order valence-electron chi connectivity index (χ4n) is 2.86. The van der Waals surface area contributed by atoms with Gasteiger partial charge in [-0.05, 0) is 29.8 Å². The number of ether oxygens (including phenoxy) is 2. The summed E-state index contributed by atoms with van der Waals surface area (Å²) in [5.41, 5.74) is 1.85. The molecule has 7 nitrogen and oxygen atoms in total. The van der Waals surface area contributed by atoms with Crippen molar-refractivity contribution in [1.82, 2.24) is 15.1 Å². The largest absolute Gasteiger partial charge is 0.454 e. The predicted molar refractivity (Wildman–Crippen MR) is 97.1 cm³/mol. The van der Waals surface area contributed by atoms with Crippen LogP contribution in [0.2, 0.25) is 0 Å². The van der Waals surface area contributed by atoms with Gasteiger partial charge < -0.3 is 18.8 Å². The zero-order chi connectivity index (χ0) is 18.6. The lowest BCUT2D eigenvalue weighted by Crippen LogP contribution is -2.26. The molecule has 138 valence electrons. The van der Waals surface area contributed by atoms with Crippen molar-refractivity contribution in [2.24, 2.45) is 0 Å². The average Bonchev–Trinajstić information content (AvgIpc) is 3.35. The Morgan fingerprint density at radius 3 is 2.74 bits per heavy atom. The highest BCUT2D eigenvalue weighted by molar-refractivity contribution is 5.76. The first-order valence-corrected chi connectivity index (χ1v) is 8.69. The van der Waals surface area contributed by atoms with Gasteiger partial charge in [-0.15, -0.1) is 10.2 Å². The number of aromatic nitrogens is 2. The smallest absolute Gasteiger partial charge is 0.247 e. The van der Waals surface area contributed by atoms with E-state index in [1.54, 1.807) is 11.9 Å². The van der Waals surface area contributed by atoms with Crippen LogP contribution in [0.4, 0.5) is 0 Å². The van der Waals surface area contributed by atoms with Gasteiger partial charge in [0.2, 0.25) is 24.5 Å². The number of hydrogen-bond donors (Lipinski definition) is 0. The van der Waals surface area contributed by atoms with Crippen molar-refractivity contribution in [3.8, 4) is 23.0 Å². The predicted octanol–water partition coefficient (Wildman–Crippen LogP) is 3.06. The number of nitrogens with zero attached hydrogens (tertiary/aromatic N) is 3. The van der Waals surface area contributed by atoms with Crippen LogP contribution in [0.15, 0.2) is 52.9 Å². The van der Waals surface area contributed by atoms with E-state index in [2.05, 4.69) is 10.2 Å². The standard InChI is InChI=1S/C20H19N3O4/c1-23(12-14-7-8-16-17(11-14)26-13-25-16)19(24)10-9-18-21-22-20(27-18)15-5-3-2-4-6-15/h2-8,11H,9-10,12-13H2,1H3. The minimum atomic E-state index is 0.00660. The lowest BCUT2D eigenvalue weighted by atomic mass is 10.2. The number of benzene rings is 2. The molecule has 0 unspecified atom stereocenters. The molecule has 4 rings (SSSR count). The van der Waals surface area contributed by atoms with E-state index >= 15 is 0 Å². The molecule has 7 heteroatoms. The second kappa shape index (κ2) is 7.49. The van der Waals surface area contributed by atoms with E-state index < -0.39 is 0 Å². The second-order valence-electron chi connectivity index (χ2n) is 6.30. The van der Waals surface area contributed by atoms with Crippen LogP contribution in [0.3, 0.4) is 0 Å². The van der Waals surface area contributed by atoms with Crippen LogP contribution in [0.25, 0.3) is 11.5 Å². The summed E-state index contributed by atoms with van der Waals surface area (Å²) < 4.78 is 16.3. The molecule has 3 aromatic rings. The maximum atomic E-state index is 12.4. The van der Waals surface area contributed by atoms with Crippen molar-refractivity contribution in [2.45, 2.75) is 19.4 Å². The molecule has 0 bridgehead atoms. The average molecular weight is 365 g/mol. The van der Waals surface area contributed by atoms with E-state index in [1.807, 2.05) is 48.5 Å². The molecule has 1 aliphatic heterocycles. The number of carbonyl (C=O) groups is 1. The summed E-state index contributed by atoms with van der Waals surface area (Å²) >= 11 is 0. The maximum Gasteiger partial charge on any atom is 0.247 e. The number of carbonyl (C=O) groups excluding carboxylic acids is 1. The molecule has 0 saturated carbocycles. The SMILES string of the molecule is CN(Cc1ccc2c(c1)OCO2)C(=O)CCc1nnc(-c2ccccc2)o1.